The van der Waals surface area contributed by atoms with Crippen LogP contribution in [0, 0.1) is 0 Å². The summed E-state index contributed by atoms with van der Waals surface area (Å²) >= 11 is 4.00. The third kappa shape index (κ3) is 4.94. The van der Waals surface area contributed by atoms with E-state index in [4.69, 9.17) is 0 Å². The maximum absolute atomic E-state index is 3.68. The summed E-state index contributed by atoms with van der Waals surface area (Å²) in [6, 6.07) is 0.820. The van der Waals surface area contributed by atoms with Crippen molar-refractivity contribution in [3.05, 3.63) is 0 Å². The van der Waals surface area contributed by atoms with Gasteiger partial charge in [-0.1, -0.05) is 0 Å². The lowest BCUT2D eigenvalue weighted by Crippen LogP contribution is -2.34. The predicted octanol–water partition coefficient (Wildman–Crippen LogP) is 3.00. The van der Waals surface area contributed by atoms with E-state index < -0.39 is 0 Å². The second-order valence-electron chi connectivity index (χ2n) is 4.01. The Morgan fingerprint density at radius 2 is 1.86 bits per heavy atom. The molecule has 0 radical (unpaired) electrons. The van der Waals surface area contributed by atoms with Gasteiger partial charge in [0.25, 0.3) is 0 Å². The van der Waals surface area contributed by atoms with Crippen LogP contribution in [-0.4, -0.2) is 36.1 Å². The first kappa shape index (κ1) is 12.7. The van der Waals surface area contributed by atoms with Crippen LogP contribution in [0.5, 0.6) is 0 Å². The van der Waals surface area contributed by atoms with Gasteiger partial charge in [-0.15, -0.1) is 0 Å². The molecule has 1 aliphatic rings. The van der Waals surface area contributed by atoms with E-state index >= 15 is 0 Å². The van der Waals surface area contributed by atoms with E-state index in [1.165, 1.54) is 44.4 Å². The minimum absolute atomic E-state index is 0.820. The van der Waals surface area contributed by atoms with Gasteiger partial charge in [-0.25, -0.2) is 0 Å². The molecule has 0 unspecified atom stereocenters. The van der Waals surface area contributed by atoms with E-state index in [1.807, 2.05) is 23.5 Å². The highest BCUT2D eigenvalue weighted by atomic mass is 32.2. The van der Waals surface area contributed by atoms with E-state index in [1.54, 1.807) is 0 Å². The predicted molar refractivity (Wildman–Crippen MR) is 70.6 cm³/mol. The molecule has 14 heavy (non-hydrogen) atoms. The topological polar surface area (TPSA) is 12.0 Å². The van der Waals surface area contributed by atoms with E-state index in [0.29, 0.717) is 0 Å². The summed E-state index contributed by atoms with van der Waals surface area (Å²) < 4.78 is 0. The average Bonchev–Trinajstić information content (AvgIpc) is 2.25. The molecule has 1 fully saturated rings. The summed E-state index contributed by atoms with van der Waals surface area (Å²) in [6.45, 7) is 1.22. The Kier molecular flexibility index (Phi) is 7.17. The lowest BCUT2D eigenvalue weighted by molar-refractivity contribution is 0.381. The highest BCUT2D eigenvalue weighted by Crippen LogP contribution is 2.26. The number of thioether (sulfide) groups is 2. The fourth-order valence-electron chi connectivity index (χ4n) is 2.03. The van der Waals surface area contributed by atoms with Crippen LogP contribution in [0.3, 0.4) is 0 Å². The summed E-state index contributed by atoms with van der Waals surface area (Å²) in [5.74, 6) is 1.30. The normalized spacial score (nSPS) is 27.9. The average molecular weight is 233 g/mol. The van der Waals surface area contributed by atoms with Crippen molar-refractivity contribution in [2.24, 2.45) is 0 Å². The monoisotopic (exact) mass is 233 g/mol. The first-order valence-corrected chi connectivity index (χ1v) is 8.30. The molecule has 3 heteroatoms. The molecule has 1 aliphatic carbocycles. The molecule has 1 rings (SSSR count). The van der Waals surface area contributed by atoms with Crippen LogP contribution in [0.25, 0.3) is 0 Å². The summed E-state index contributed by atoms with van der Waals surface area (Å²) in [7, 11) is 0. The third-order valence-electron chi connectivity index (χ3n) is 2.97. The van der Waals surface area contributed by atoms with E-state index in [9.17, 15) is 0 Å². The van der Waals surface area contributed by atoms with Crippen LogP contribution in [-0.2, 0) is 0 Å². The van der Waals surface area contributed by atoms with E-state index in [0.717, 1.165) is 11.3 Å². The molecule has 0 aliphatic heterocycles. The first-order valence-electron chi connectivity index (χ1n) is 5.62. The van der Waals surface area contributed by atoms with Crippen LogP contribution in [0.1, 0.15) is 32.1 Å². The van der Waals surface area contributed by atoms with Crippen molar-refractivity contribution in [3.8, 4) is 0 Å². The van der Waals surface area contributed by atoms with Gasteiger partial charge in [-0.2, -0.15) is 23.5 Å². The first-order chi connectivity index (χ1) is 6.86. The van der Waals surface area contributed by atoms with Gasteiger partial charge in [0.2, 0.25) is 0 Å². The number of rotatable bonds is 6. The fourth-order valence-corrected chi connectivity index (χ4v) is 3.20. The number of hydrogen-bond donors (Lipinski definition) is 1. The summed E-state index contributed by atoms with van der Waals surface area (Å²) in [5, 5.41) is 4.62. The molecule has 0 aromatic carbocycles. The van der Waals surface area contributed by atoms with Crippen molar-refractivity contribution < 1.29 is 0 Å². The molecule has 84 valence electrons. The zero-order chi connectivity index (χ0) is 10.2. The molecule has 0 aromatic rings. The van der Waals surface area contributed by atoms with Crippen LogP contribution >= 0.6 is 23.5 Å². The van der Waals surface area contributed by atoms with Crippen molar-refractivity contribution >= 4 is 23.5 Å². The van der Waals surface area contributed by atoms with Gasteiger partial charge in [0.1, 0.15) is 0 Å². The molecule has 1 nitrogen and oxygen atoms in total. The highest BCUT2D eigenvalue weighted by molar-refractivity contribution is 7.99. The maximum atomic E-state index is 3.68. The second-order valence-corrected chi connectivity index (χ2v) is 6.13. The molecule has 0 amide bonds. The van der Waals surface area contributed by atoms with E-state index in [2.05, 4.69) is 17.8 Å². The highest BCUT2D eigenvalue weighted by Gasteiger charge is 2.19. The van der Waals surface area contributed by atoms with Crippen molar-refractivity contribution in [2.45, 2.75) is 43.4 Å². The van der Waals surface area contributed by atoms with Gasteiger partial charge in [0.05, 0.1) is 0 Å². The number of hydrogen-bond acceptors (Lipinski definition) is 3. The van der Waals surface area contributed by atoms with Gasteiger partial charge in [0, 0.05) is 11.3 Å². The lowest BCUT2D eigenvalue weighted by atomic mass is 9.95. The Morgan fingerprint density at radius 3 is 2.43 bits per heavy atom. The van der Waals surface area contributed by atoms with Gasteiger partial charge in [-0.3, -0.25) is 0 Å². The molecular weight excluding hydrogens is 210 g/mol. The standard InChI is InChI=1S/C11H23NS2/c1-13-9-3-8-12-10-4-6-11(14-2)7-5-10/h10-12H,3-9H2,1-2H3. The van der Waals surface area contributed by atoms with Gasteiger partial charge >= 0.3 is 0 Å². The molecule has 0 aromatic heterocycles. The molecule has 1 saturated carbocycles. The van der Waals surface area contributed by atoms with Gasteiger partial charge < -0.3 is 5.32 Å². The Hall–Kier alpha value is 0.660. The molecule has 0 bridgehead atoms. The molecule has 0 spiro atoms. The zero-order valence-corrected chi connectivity index (χ0v) is 11.1. The second kappa shape index (κ2) is 7.89. The molecule has 0 atom stereocenters. The van der Waals surface area contributed by atoms with Crippen LogP contribution in [0.4, 0.5) is 0 Å². The SMILES string of the molecule is CSCCCNC1CCC(SC)CC1. The maximum Gasteiger partial charge on any atom is 0.00678 e. The fraction of sp³-hybridized carbons (Fsp3) is 1.00. The van der Waals surface area contributed by atoms with E-state index in [-0.39, 0.29) is 0 Å². The minimum Gasteiger partial charge on any atom is -0.314 e. The smallest absolute Gasteiger partial charge is 0.00678 e. The Balaban J connectivity index is 1.98. The molecule has 0 heterocycles. The minimum atomic E-state index is 0.820. The van der Waals surface area contributed by atoms with Crippen molar-refractivity contribution in [3.63, 3.8) is 0 Å². The van der Waals surface area contributed by atoms with Crippen molar-refractivity contribution in [1.82, 2.24) is 5.32 Å². The summed E-state index contributed by atoms with van der Waals surface area (Å²) in [6.07, 6.45) is 11.4. The van der Waals surface area contributed by atoms with Crippen molar-refractivity contribution in [1.29, 1.82) is 0 Å². The Labute approximate surface area is 97.2 Å². The summed E-state index contributed by atoms with van der Waals surface area (Å²) in [4.78, 5) is 0. The molecule has 1 N–H and O–H groups in total. The van der Waals surface area contributed by atoms with Gasteiger partial charge in [-0.05, 0) is 56.9 Å². The van der Waals surface area contributed by atoms with Crippen LogP contribution in [0.15, 0.2) is 0 Å². The van der Waals surface area contributed by atoms with Crippen LogP contribution in [0.2, 0.25) is 0 Å². The summed E-state index contributed by atoms with van der Waals surface area (Å²) in [5.41, 5.74) is 0. The zero-order valence-electron chi connectivity index (χ0n) is 9.42. The Morgan fingerprint density at radius 1 is 1.14 bits per heavy atom. The number of nitrogens with one attached hydrogen (secondary N) is 1. The molecular formula is C11H23NS2. The van der Waals surface area contributed by atoms with Crippen molar-refractivity contribution in [2.75, 3.05) is 24.8 Å². The third-order valence-corrected chi connectivity index (χ3v) is 4.80. The van der Waals surface area contributed by atoms with Crippen LogP contribution < -0.4 is 5.32 Å². The van der Waals surface area contributed by atoms with Gasteiger partial charge in [0.15, 0.2) is 0 Å². The quantitative estimate of drug-likeness (QED) is 0.708. The lowest BCUT2D eigenvalue weighted by Gasteiger charge is -2.28. The molecule has 0 saturated heterocycles. The largest absolute Gasteiger partial charge is 0.314 e. The Bertz CT molecular complexity index is 133.